The van der Waals surface area contributed by atoms with E-state index in [1.165, 1.54) is 11.1 Å². The Balaban J connectivity index is 1.21. The van der Waals surface area contributed by atoms with Crippen LogP contribution in [0, 0.1) is 11.8 Å². The molecule has 0 aromatic heterocycles. The van der Waals surface area contributed by atoms with Gasteiger partial charge in [0.25, 0.3) is 0 Å². The Morgan fingerprint density at radius 2 is 1.65 bits per heavy atom. The predicted octanol–water partition coefficient (Wildman–Crippen LogP) is 4.31. The molecule has 3 N–H and O–H groups in total. The molecular weight excluding hydrogens is 432 g/mol. The van der Waals surface area contributed by atoms with E-state index < -0.39 is 17.6 Å². The number of carbonyl (C=O) groups excluding carboxylic acids is 2. The summed E-state index contributed by atoms with van der Waals surface area (Å²) in [6, 6.07) is 16.4. The molecule has 7 heteroatoms. The summed E-state index contributed by atoms with van der Waals surface area (Å²) in [4.78, 5) is 36.2. The van der Waals surface area contributed by atoms with Crippen molar-refractivity contribution in [1.82, 2.24) is 10.6 Å². The van der Waals surface area contributed by atoms with E-state index in [1.807, 2.05) is 31.2 Å². The summed E-state index contributed by atoms with van der Waals surface area (Å²) in [7, 11) is 0. The first kappa shape index (κ1) is 23.8. The highest BCUT2D eigenvalue weighted by atomic mass is 16.5. The molecule has 2 aromatic rings. The van der Waals surface area contributed by atoms with Gasteiger partial charge in [-0.3, -0.25) is 4.79 Å². The van der Waals surface area contributed by atoms with Crippen LogP contribution in [0.3, 0.4) is 0 Å². The number of hydrogen-bond acceptors (Lipinski definition) is 4. The average molecular weight is 465 g/mol. The first-order chi connectivity index (χ1) is 16.3. The van der Waals surface area contributed by atoms with Crippen LogP contribution < -0.4 is 10.6 Å². The minimum absolute atomic E-state index is 0.000471. The molecule has 7 nitrogen and oxygen atoms in total. The Kier molecular flexibility index (Phi) is 6.91. The Bertz CT molecular complexity index is 1030. The summed E-state index contributed by atoms with van der Waals surface area (Å²) in [5.74, 6) is -1.26. The lowest BCUT2D eigenvalue weighted by atomic mass is 9.94. The second-order valence-corrected chi connectivity index (χ2v) is 9.68. The minimum atomic E-state index is -1.20. The molecule has 0 aliphatic heterocycles. The highest BCUT2D eigenvalue weighted by Crippen LogP contribution is 2.44. The van der Waals surface area contributed by atoms with Crippen LogP contribution in [0.2, 0.25) is 0 Å². The quantitative estimate of drug-likeness (QED) is 0.486. The van der Waals surface area contributed by atoms with Gasteiger partial charge in [-0.25, -0.2) is 9.59 Å². The van der Waals surface area contributed by atoms with Gasteiger partial charge in [-0.15, -0.1) is 0 Å². The van der Waals surface area contributed by atoms with Gasteiger partial charge >= 0.3 is 12.1 Å². The summed E-state index contributed by atoms with van der Waals surface area (Å²) in [6.45, 7) is 4.12. The van der Waals surface area contributed by atoms with E-state index in [1.54, 1.807) is 6.92 Å². The Morgan fingerprint density at radius 1 is 1.06 bits per heavy atom. The molecule has 1 fully saturated rings. The van der Waals surface area contributed by atoms with E-state index in [0.717, 1.165) is 24.0 Å². The van der Waals surface area contributed by atoms with E-state index in [4.69, 9.17) is 4.74 Å². The number of nitrogens with one attached hydrogen (secondary N) is 2. The number of benzene rings is 2. The number of ether oxygens (including phenoxy) is 1. The van der Waals surface area contributed by atoms with Crippen LogP contribution in [0.4, 0.5) is 4.79 Å². The molecule has 2 unspecified atom stereocenters. The molecule has 4 rings (SSSR count). The number of fused-ring (bicyclic) bond motifs is 3. The molecule has 2 amide bonds. The van der Waals surface area contributed by atoms with Crippen molar-refractivity contribution in [3.8, 4) is 11.1 Å². The van der Waals surface area contributed by atoms with Crippen molar-refractivity contribution in [3.05, 3.63) is 59.7 Å². The molecule has 0 spiro atoms. The van der Waals surface area contributed by atoms with E-state index in [2.05, 4.69) is 34.9 Å². The Labute approximate surface area is 199 Å². The summed E-state index contributed by atoms with van der Waals surface area (Å²) in [5, 5.41) is 15.0. The zero-order valence-electron chi connectivity index (χ0n) is 19.7. The predicted molar refractivity (Wildman–Crippen MR) is 128 cm³/mol. The molecule has 2 atom stereocenters. The third-order valence-electron chi connectivity index (χ3n) is 7.02. The topological polar surface area (TPSA) is 105 Å². The standard InChI is InChI=1S/C27H32N2O5/c1-17(15-24(30)29-27(2,25(31)32)18-11-12-18)13-14-28-26(33)34-16-23-21-9-5-3-7-19(21)20-8-4-6-10-22(20)23/h3-10,17-18,23H,11-16H2,1-2H3,(H,28,33)(H,29,30)(H,31,32). The van der Waals surface area contributed by atoms with Crippen molar-refractivity contribution in [2.75, 3.05) is 13.2 Å². The maximum absolute atomic E-state index is 12.4. The molecular formula is C27H32N2O5. The van der Waals surface area contributed by atoms with Crippen molar-refractivity contribution in [1.29, 1.82) is 0 Å². The van der Waals surface area contributed by atoms with Gasteiger partial charge in [0, 0.05) is 18.9 Å². The fraction of sp³-hybridized carbons (Fsp3) is 0.444. The first-order valence-electron chi connectivity index (χ1n) is 11.9. The summed E-state index contributed by atoms with van der Waals surface area (Å²) >= 11 is 0. The molecule has 2 aromatic carbocycles. The van der Waals surface area contributed by atoms with E-state index >= 15 is 0 Å². The van der Waals surface area contributed by atoms with Gasteiger partial charge in [-0.2, -0.15) is 0 Å². The normalized spacial score (nSPS) is 17.1. The van der Waals surface area contributed by atoms with Crippen LogP contribution in [0.1, 0.15) is 56.6 Å². The van der Waals surface area contributed by atoms with Crippen LogP contribution in [0.25, 0.3) is 11.1 Å². The van der Waals surface area contributed by atoms with Gasteiger partial charge in [0.05, 0.1) is 0 Å². The zero-order chi connectivity index (χ0) is 24.3. The van der Waals surface area contributed by atoms with Crippen LogP contribution in [-0.4, -0.2) is 41.8 Å². The summed E-state index contributed by atoms with van der Waals surface area (Å²) < 4.78 is 5.53. The molecule has 2 aliphatic rings. The lowest BCUT2D eigenvalue weighted by molar-refractivity contribution is -0.148. The second kappa shape index (κ2) is 9.87. The number of amides is 2. The number of carboxylic acid groups (broad SMARTS) is 1. The van der Waals surface area contributed by atoms with Crippen LogP contribution in [0.15, 0.2) is 48.5 Å². The molecule has 0 saturated heterocycles. The number of rotatable bonds is 10. The van der Waals surface area contributed by atoms with Crippen molar-refractivity contribution >= 4 is 18.0 Å². The maximum Gasteiger partial charge on any atom is 0.407 e. The third-order valence-corrected chi connectivity index (χ3v) is 7.02. The number of alkyl carbamates (subject to hydrolysis) is 1. The molecule has 1 saturated carbocycles. The minimum Gasteiger partial charge on any atom is -0.480 e. The van der Waals surface area contributed by atoms with Crippen LogP contribution in [-0.2, 0) is 14.3 Å². The second-order valence-electron chi connectivity index (χ2n) is 9.68. The van der Waals surface area contributed by atoms with Crippen LogP contribution in [0.5, 0.6) is 0 Å². The van der Waals surface area contributed by atoms with Crippen molar-refractivity contribution < 1.29 is 24.2 Å². The maximum atomic E-state index is 12.4. The fourth-order valence-corrected chi connectivity index (χ4v) is 4.82. The van der Waals surface area contributed by atoms with Gasteiger partial charge in [-0.05, 0) is 60.3 Å². The van der Waals surface area contributed by atoms with Gasteiger partial charge < -0.3 is 20.5 Å². The summed E-state index contributed by atoms with van der Waals surface area (Å²) in [6.07, 6.45) is 1.96. The van der Waals surface area contributed by atoms with Gasteiger partial charge in [0.1, 0.15) is 12.1 Å². The average Bonchev–Trinajstić information content (AvgIpc) is 3.61. The lowest BCUT2D eigenvalue weighted by Gasteiger charge is -2.26. The van der Waals surface area contributed by atoms with Crippen molar-refractivity contribution in [3.63, 3.8) is 0 Å². The van der Waals surface area contributed by atoms with Gasteiger partial charge in [0.2, 0.25) is 5.91 Å². The largest absolute Gasteiger partial charge is 0.480 e. The highest BCUT2D eigenvalue weighted by molar-refractivity contribution is 5.87. The number of carbonyl (C=O) groups is 3. The molecule has 0 heterocycles. The van der Waals surface area contributed by atoms with Crippen molar-refractivity contribution in [2.45, 2.75) is 51.0 Å². The monoisotopic (exact) mass is 464 g/mol. The summed E-state index contributed by atoms with van der Waals surface area (Å²) in [5.41, 5.74) is 3.49. The third kappa shape index (κ3) is 5.08. The fourth-order valence-electron chi connectivity index (χ4n) is 4.82. The molecule has 0 bridgehead atoms. The smallest absolute Gasteiger partial charge is 0.407 e. The first-order valence-corrected chi connectivity index (χ1v) is 11.9. The Morgan fingerprint density at radius 3 is 2.21 bits per heavy atom. The van der Waals surface area contributed by atoms with Gasteiger partial charge in [-0.1, -0.05) is 55.5 Å². The molecule has 34 heavy (non-hydrogen) atoms. The lowest BCUT2D eigenvalue weighted by Crippen LogP contribution is -2.54. The number of hydrogen-bond donors (Lipinski definition) is 3. The van der Waals surface area contributed by atoms with Crippen molar-refractivity contribution in [2.24, 2.45) is 11.8 Å². The van der Waals surface area contributed by atoms with E-state index in [0.29, 0.717) is 13.0 Å². The molecule has 0 radical (unpaired) electrons. The van der Waals surface area contributed by atoms with Crippen LogP contribution >= 0.6 is 0 Å². The highest BCUT2D eigenvalue weighted by Gasteiger charge is 2.48. The Hall–Kier alpha value is -3.35. The SMILES string of the molecule is CC(CCNC(=O)OCC1c2ccccc2-c2ccccc21)CC(=O)NC(C)(C(=O)O)C1CC1. The zero-order valence-corrected chi connectivity index (χ0v) is 19.7. The van der Waals surface area contributed by atoms with E-state index in [-0.39, 0.29) is 36.7 Å². The number of carboxylic acids is 1. The number of aliphatic carboxylic acids is 1. The molecule has 2 aliphatic carbocycles. The van der Waals surface area contributed by atoms with Gasteiger partial charge in [0.15, 0.2) is 0 Å². The van der Waals surface area contributed by atoms with E-state index in [9.17, 15) is 19.5 Å². The molecule has 180 valence electrons.